The van der Waals surface area contributed by atoms with Gasteiger partial charge in [-0.25, -0.2) is 4.68 Å². The summed E-state index contributed by atoms with van der Waals surface area (Å²) in [6, 6.07) is 19.5. The number of hydrogen-bond donors (Lipinski definition) is 3. The molecule has 166 valence electrons. The standard InChI is InChI=1S/C26H25N5O2/c1-17-25(26(33)29-21-9-8-20-15-27-12-11-19(20)13-21)23(10-7-18-5-3-2-4-6-18)31-24(28-17)14-22(16-32)30-31/h2-6,8-9,11-15,23,28,32H,7,10,16H2,1H3,(H,29,33). The van der Waals surface area contributed by atoms with Crippen LogP contribution >= 0.6 is 0 Å². The molecule has 3 heterocycles. The number of carbonyl (C=O) groups is 1. The van der Waals surface area contributed by atoms with Crippen molar-refractivity contribution in [1.29, 1.82) is 0 Å². The summed E-state index contributed by atoms with van der Waals surface area (Å²) in [6.07, 6.45) is 5.04. The van der Waals surface area contributed by atoms with E-state index in [0.29, 0.717) is 17.7 Å². The van der Waals surface area contributed by atoms with Crippen molar-refractivity contribution >= 4 is 28.2 Å². The molecule has 7 heteroatoms. The van der Waals surface area contributed by atoms with E-state index in [9.17, 15) is 9.90 Å². The molecule has 0 radical (unpaired) electrons. The number of aromatic nitrogens is 3. The first kappa shape index (κ1) is 20.9. The van der Waals surface area contributed by atoms with Crippen LogP contribution in [0.25, 0.3) is 10.8 Å². The largest absolute Gasteiger partial charge is 0.390 e. The van der Waals surface area contributed by atoms with Gasteiger partial charge in [0.05, 0.1) is 23.9 Å². The monoisotopic (exact) mass is 439 g/mol. The van der Waals surface area contributed by atoms with Crippen molar-refractivity contribution in [3.8, 4) is 0 Å². The Morgan fingerprint density at radius 1 is 1.12 bits per heavy atom. The Balaban J connectivity index is 1.45. The van der Waals surface area contributed by atoms with Gasteiger partial charge in [-0.3, -0.25) is 9.78 Å². The molecule has 33 heavy (non-hydrogen) atoms. The molecular weight excluding hydrogens is 414 g/mol. The fourth-order valence-electron chi connectivity index (χ4n) is 4.38. The molecule has 1 unspecified atom stereocenters. The van der Waals surface area contributed by atoms with Gasteiger partial charge in [0.25, 0.3) is 5.91 Å². The Labute approximate surface area is 191 Å². The number of carbonyl (C=O) groups excluding carboxylic acids is 1. The number of hydrogen-bond acceptors (Lipinski definition) is 5. The van der Waals surface area contributed by atoms with Crippen LogP contribution in [0, 0.1) is 0 Å². The van der Waals surface area contributed by atoms with Crippen LogP contribution < -0.4 is 10.6 Å². The zero-order valence-electron chi connectivity index (χ0n) is 18.3. The SMILES string of the molecule is CC1=C(C(=O)Nc2ccc3cnccc3c2)C(CCc2ccccc2)n2nc(CO)cc2N1. The minimum Gasteiger partial charge on any atom is -0.390 e. The molecule has 4 aromatic rings. The van der Waals surface area contributed by atoms with Crippen LogP contribution in [-0.2, 0) is 17.8 Å². The summed E-state index contributed by atoms with van der Waals surface area (Å²) in [5.74, 6) is 0.613. The van der Waals surface area contributed by atoms with E-state index in [-0.39, 0.29) is 18.6 Å². The lowest BCUT2D eigenvalue weighted by Crippen LogP contribution is -2.31. The van der Waals surface area contributed by atoms with Gasteiger partial charge in [0.1, 0.15) is 5.82 Å². The number of aliphatic hydroxyl groups is 1. The number of fused-ring (bicyclic) bond motifs is 2. The van der Waals surface area contributed by atoms with E-state index in [2.05, 4.69) is 32.8 Å². The predicted octanol–water partition coefficient (Wildman–Crippen LogP) is 4.44. The average Bonchev–Trinajstić information content (AvgIpc) is 3.25. The number of benzene rings is 2. The lowest BCUT2D eigenvalue weighted by molar-refractivity contribution is -0.113. The molecule has 0 aliphatic carbocycles. The molecule has 1 aliphatic heterocycles. The Bertz CT molecular complexity index is 1340. The normalized spacial score (nSPS) is 15.3. The van der Waals surface area contributed by atoms with E-state index in [1.807, 2.05) is 60.1 Å². The Kier molecular flexibility index (Phi) is 5.62. The molecule has 0 fully saturated rings. The Morgan fingerprint density at radius 2 is 1.97 bits per heavy atom. The summed E-state index contributed by atoms with van der Waals surface area (Å²) < 4.78 is 1.82. The first-order valence-electron chi connectivity index (χ1n) is 11.0. The highest BCUT2D eigenvalue weighted by Crippen LogP contribution is 2.35. The molecule has 1 atom stereocenters. The quantitative estimate of drug-likeness (QED) is 0.413. The third kappa shape index (κ3) is 4.23. The number of pyridine rings is 1. The lowest BCUT2D eigenvalue weighted by Gasteiger charge is -2.29. The molecule has 5 rings (SSSR count). The van der Waals surface area contributed by atoms with Crippen molar-refractivity contribution in [1.82, 2.24) is 14.8 Å². The Hall–Kier alpha value is -3.97. The number of nitrogens with one attached hydrogen (secondary N) is 2. The first-order valence-corrected chi connectivity index (χ1v) is 11.0. The smallest absolute Gasteiger partial charge is 0.255 e. The predicted molar refractivity (Wildman–Crippen MR) is 129 cm³/mol. The molecule has 0 spiro atoms. The molecule has 0 bridgehead atoms. The van der Waals surface area contributed by atoms with Crippen molar-refractivity contribution in [3.63, 3.8) is 0 Å². The van der Waals surface area contributed by atoms with Gasteiger partial charge >= 0.3 is 0 Å². The first-order chi connectivity index (χ1) is 16.1. The molecular formula is C26H25N5O2. The molecule has 1 aliphatic rings. The van der Waals surface area contributed by atoms with Crippen molar-refractivity contribution in [2.24, 2.45) is 0 Å². The topological polar surface area (TPSA) is 92.1 Å². The van der Waals surface area contributed by atoms with Gasteiger partial charge < -0.3 is 15.7 Å². The second-order valence-electron chi connectivity index (χ2n) is 8.22. The van der Waals surface area contributed by atoms with E-state index in [0.717, 1.165) is 34.4 Å². The van der Waals surface area contributed by atoms with Gasteiger partial charge in [0.15, 0.2) is 0 Å². The summed E-state index contributed by atoms with van der Waals surface area (Å²) in [4.78, 5) is 17.7. The van der Waals surface area contributed by atoms with E-state index in [1.165, 1.54) is 5.56 Å². The Morgan fingerprint density at radius 3 is 2.79 bits per heavy atom. The third-order valence-electron chi connectivity index (χ3n) is 5.99. The van der Waals surface area contributed by atoms with Gasteiger partial charge in [0.2, 0.25) is 0 Å². The van der Waals surface area contributed by atoms with E-state index >= 15 is 0 Å². The highest BCUT2D eigenvalue weighted by atomic mass is 16.3. The molecule has 7 nitrogen and oxygen atoms in total. The van der Waals surface area contributed by atoms with Gasteiger partial charge in [0, 0.05) is 35.2 Å². The molecule has 0 saturated carbocycles. The summed E-state index contributed by atoms with van der Waals surface area (Å²) in [6.45, 7) is 1.76. The second-order valence-corrected chi connectivity index (χ2v) is 8.22. The number of rotatable bonds is 6. The van der Waals surface area contributed by atoms with Gasteiger partial charge in [-0.05, 0) is 48.9 Å². The van der Waals surface area contributed by atoms with Crippen molar-refractivity contribution in [3.05, 3.63) is 95.6 Å². The maximum absolute atomic E-state index is 13.5. The van der Waals surface area contributed by atoms with Crippen LogP contribution in [0.4, 0.5) is 11.5 Å². The fourth-order valence-corrected chi connectivity index (χ4v) is 4.38. The van der Waals surface area contributed by atoms with E-state index < -0.39 is 0 Å². The van der Waals surface area contributed by atoms with Crippen LogP contribution in [0.5, 0.6) is 0 Å². The van der Waals surface area contributed by atoms with Gasteiger partial charge in [-0.1, -0.05) is 36.4 Å². The third-order valence-corrected chi connectivity index (χ3v) is 5.99. The highest BCUT2D eigenvalue weighted by molar-refractivity contribution is 6.06. The fraction of sp³-hybridized carbons (Fsp3) is 0.192. The van der Waals surface area contributed by atoms with Crippen LogP contribution in [0.1, 0.15) is 30.6 Å². The van der Waals surface area contributed by atoms with Crippen molar-refractivity contribution < 1.29 is 9.90 Å². The number of aryl methyl sites for hydroxylation is 1. The van der Waals surface area contributed by atoms with Crippen LogP contribution in [0.2, 0.25) is 0 Å². The van der Waals surface area contributed by atoms with Gasteiger partial charge in [-0.2, -0.15) is 5.10 Å². The van der Waals surface area contributed by atoms with Crippen LogP contribution in [0.15, 0.2) is 84.3 Å². The zero-order valence-corrected chi connectivity index (χ0v) is 18.3. The molecule has 0 saturated heterocycles. The maximum Gasteiger partial charge on any atom is 0.255 e. The molecule has 3 N–H and O–H groups in total. The van der Waals surface area contributed by atoms with Gasteiger partial charge in [-0.15, -0.1) is 0 Å². The lowest BCUT2D eigenvalue weighted by atomic mass is 9.95. The van der Waals surface area contributed by atoms with Crippen LogP contribution in [0.3, 0.4) is 0 Å². The summed E-state index contributed by atoms with van der Waals surface area (Å²) in [5.41, 5.74) is 3.92. The second kappa shape index (κ2) is 8.88. The number of allylic oxidation sites excluding steroid dienone is 1. The van der Waals surface area contributed by atoms with Crippen LogP contribution in [-0.4, -0.2) is 25.8 Å². The molecule has 1 amide bonds. The van der Waals surface area contributed by atoms with Crippen molar-refractivity contribution in [2.45, 2.75) is 32.4 Å². The zero-order chi connectivity index (χ0) is 22.8. The minimum atomic E-state index is -0.258. The number of nitrogens with zero attached hydrogens (tertiary/aromatic N) is 3. The summed E-state index contributed by atoms with van der Waals surface area (Å²) in [5, 5.41) is 22.5. The molecule has 2 aromatic carbocycles. The number of aliphatic hydroxyl groups excluding tert-OH is 1. The highest BCUT2D eigenvalue weighted by Gasteiger charge is 2.32. The maximum atomic E-state index is 13.5. The minimum absolute atomic E-state index is 0.153. The summed E-state index contributed by atoms with van der Waals surface area (Å²) in [7, 11) is 0. The summed E-state index contributed by atoms with van der Waals surface area (Å²) >= 11 is 0. The van der Waals surface area contributed by atoms with E-state index in [1.54, 1.807) is 12.4 Å². The molecule has 2 aromatic heterocycles. The average molecular weight is 440 g/mol. The number of anilines is 2. The van der Waals surface area contributed by atoms with Crippen molar-refractivity contribution in [2.75, 3.05) is 10.6 Å². The number of amides is 1. The van der Waals surface area contributed by atoms with E-state index in [4.69, 9.17) is 0 Å².